The molecule has 1 saturated carbocycles. The van der Waals surface area contributed by atoms with Crippen LogP contribution in [0.15, 0.2) is 36.5 Å². The van der Waals surface area contributed by atoms with E-state index in [0.717, 1.165) is 46.5 Å². The molecule has 1 saturated heterocycles. The van der Waals surface area contributed by atoms with Crippen molar-refractivity contribution in [2.45, 2.75) is 31.1 Å². The maximum atomic E-state index is 11.5. The summed E-state index contributed by atoms with van der Waals surface area (Å²) < 4.78 is 22.9. The van der Waals surface area contributed by atoms with Crippen LogP contribution in [0.25, 0.3) is 10.9 Å². The predicted octanol–water partition coefficient (Wildman–Crippen LogP) is 2.58. The van der Waals surface area contributed by atoms with Crippen LogP contribution in [0.2, 0.25) is 0 Å². The first kappa shape index (κ1) is 20.1. The Balaban J connectivity index is 1.40. The van der Waals surface area contributed by atoms with Gasteiger partial charge in [-0.25, -0.2) is 23.4 Å². The zero-order valence-electron chi connectivity index (χ0n) is 17.5. The van der Waals surface area contributed by atoms with Gasteiger partial charge in [0.05, 0.1) is 18.8 Å². The Hall–Kier alpha value is -2.78. The summed E-state index contributed by atoms with van der Waals surface area (Å²) in [5.74, 6) is 1.64. The molecule has 9 heteroatoms. The Morgan fingerprint density at radius 1 is 1.19 bits per heavy atom. The third kappa shape index (κ3) is 4.20. The molecule has 2 aromatic heterocycles. The van der Waals surface area contributed by atoms with E-state index in [2.05, 4.69) is 15.2 Å². The summed E-state index contributed by atoms with van der Waals surface area (Å²) in [6.07, 6.45) is 5.20. The Bertz CT molecular complexity index is 1250. The normalized spacial score (nSPS) is 18.1. The second-order valence-electron chi connectivity index (χ2n) is 8.84. The van der Waals surface area contributed by atoms with E-state index >= 15 is 0 Å². The number of pyridine rings is 1. The van der Waals surface area contributed by atoms with Crippen LogP contribution < -0.4 is 10.2 Å². The van der Waals surface area contributed by atoms with E-state index in [1.807, 2.05) is 25.1 Å². The number of benzene rings is 1. The molecule has 0 bridgehead atoms. The lowest BCUT2D eigenvalue weighted by Gasteiger charge is -2.47. The topological polar surface area (TPSA) is 108 Å². The van der Waals surface area contributed by atoms with Gasteiger partial charge >= 0.3 is 0 Å². The van der Waals surface area contributed by atoms with Crippen LogP contribution in [0.4, 0.5) is 17.5 Å². The van der Waals surface area contributed by atoms with Gasteiger partial charge in [0, 0.05) is 29.2 Å². The number of aliphatic hydroxyl groups is 1. The summed E-state index contributed by atoms with van der Waals surface area (Å²) in [4.78, 5) is 15.9. The summed E-state index contributed by atoms with van der Waals surface area (Å²) in [5, 5.41) is 14.8. The van der Waals surface area contributed by atoms with Gasteiger partial charge in [-0.05, 0) is 49.4 Å². The maximum Gasteiger partial charge on any atom is 0.227 e. The molecule has 1 aromatic carbocycles. The quantitative estimate of drug-likeness (QED) is 0.603. The highest BCUT2D eigenvalue weighted by Gasteiger charge is 2.52. The Morgan fingerprint density at radius 2 is 1.90 bits per heavy atom. The first-order valence-electron chi connectivity index (χ1n) is 10.3. The molecule has 1 aliphatic heterocycles. The minimum atomic E-state index is -3.07. The SMILES string of the molecule is Cc1cc2cnc(Nc3ccc(CS(C)(=O)=O)cc3)nc2c(N2CC(O)(C3CC3)C2)n1. The van der Waals surface area contributed by atoms with E-state index in [1.165, 1.54) is 6.26 Å². The van der Waals surface area contributed by atoms with Crippen molar-refractivity contribution in [3.63, 3.8) is 0 Å². The highest BCUT2D eigenvalue weighted by Crippen LogP contribution is 2.46. The molecule has 8 nitrogen and oxygen atoms in total. The number of nitrogens with one attached hydrogen (secondary N) is 1. The van der Waals surface area contributed by atoms with Gasteiger partial charge in [-0.2, -0.15) is 0 Å². The molecule has 3 aromatic rings. The van der Waals surface area contributed by atoms with E-state index in [-0.39, 0.29) is 5.75 Å². The molecule has 2 fully saturated rings. The first-order chi connectivity index (χ1) is 14.7. The zero-order valence-corrected chi connectivity index (χ0v) is 18.4. The van der Waals surface area contributed by atoms with Gasteiger partial charge < -0.3 is 15.3 Å². The van der Waals surface area contributed by atoms with Gasteiger partial charge in [0.2, 0.25) is 5.95 Å². The molecular weight excluding hydrogens is 414 g/mol. The van der Waals surface area contributed by atoms with Gasteiger partial charge in [0.25, 0.3) is 0 Å². The summed E-state index contributed by atoms with van der Waals surface area (Å²) in [6.45, 7) is 3.11. The third-order valence-corrected chi connectivity index (χ3v) is 6.74. The van der Waals surface area contributed by atoms with Crippen molar-refractivity contribution in [3.05, 3.63) is 47.8 Å². The van der Waals surface area contributed by atoms with Gasteiger partial charge in [0.15, 0.2) is 15.7 Å². The van der Waals surface area contributed by atoms with Crippen LogP contribution in [0.5, 0.6) is 0 Å². The second kappa shape index (κ2) is 7.13. The molecule has 0 radical (unpaired) electrons. The molecule has 2 N–H and O–H groups in total. The van der Waals surface area contributed by atoms with E-state index in [0.29, 0.717) is 25.0 Å². The smallest absolute Gasteiger partial charge is 0.227 e. The number of β-amino-alcohol motifs (C(OH)–C–C–N with tert-alkyl or cyclic N) is 1. The van der Waals surface area contributed by atoms with Gasteiger partial charge in [-0.15, -0.1) is 0 Å². The summed E-state index contributed by atoms with van der Waals surface area (Å²) >= 11 is 0. The lowest BCUT2D eigenvalue weighted by atomic mass is 9.88. The predicted molar refractivity (Wildman–Crippen MR) is 120 cm³/mol. The van der Waals surface area contributed by atoms with Gasteiger partial charge in [0.1, 0.15) is 11.1 Å². The van der Waals surface area contributed by atoms with E-state index in [9.17, 15) is 13.5 Å². The van der Waals surface area contributed by atoms with Crippen molar-refractivity contribution < 1.29 is 13.5 Å². The van der Waals surface area contributed by atoms with Crippen molar-refractivity contribution in [1.29, 1.82) is 0 Å². The molecule has 0 unspecified atom stereocenters. The largest absolute Gasteiger partial charge is 0.386 e. The number of rotatable bonds is 6. The first-order valence-corrected chi connectivity index (χ1v) is 12.4. The standard InChI is InChI=1S/C22H25N5O3S/c1-14-9-16-10-23-21(25-18-7-3-15(4-8-18)11-31(2,29)30)26-19(16)20(24-14)27-12-22(28,13-27)17-5-6-17/h3-4,7-10,17,28H,5-6,11-13H2,1-2H3,(H,23,25,26). The number of sulfone groups is 1. The van der Waals surface area contributed by atoms with Gasteiger partial charge in [-0.3, -0.25) is 0 Å². The monoisotopic (exact) mass is 439 g/mol. The molecule has 0 atom stereocenters. The number of nitrogens with zero attached hydrogens (tertiary/aromatic N) is 4. The summed E-state index contributed by atoms with van der Waals surface area (Å²) in [5.41, 5.74) is 2.53. The van der Waals surface area contributed by atoms with Crippen molar-refractivity contribution in [2.75, 3.05) is 29.6 Å². The Morgan fingerprint density at radius 3 is 2.55 bits per heavy atom. The highest BCUT2D eigenvalue weighted by molar-refractivity contribution is 7.89. The maximum absolute atomic E-state index is 11.5. The van der Waals surface area contributed by atoms with E-state index in [4.69, 9.17) is 9.97 Å². The fourth-order valence-corrected chi connectivity index (χ4v) is 4.99. The molecule has 2 aliphatic rings. The molecule has 31 heavy (non-hydrogen) atoms. The number of hydrogen-bond donors (Lipinski definition) is 2. The van der Waals surface area contributed by atoms with Crippen LogP contribution in [0, 0.1) is 12.8 Å². The Kier molecular flexibility index (Phi) is 4.63. The number of hydrogen-bond acceptors (Lipinski definition) is 8. The van der Waals surface area contributed by atoms with Crippen molar-refractivity contribution in [2.24, 2.45) is 5.92 Å². The molecule has 0 spiro atoms. The number of aryl methyl sites for hydroxylation is 1. The van der Waals surface area contributed by atoms with Crippen molar-refractivity contribution in [3.8, 4) is 0 Å². The van der Waals surface area contributed by atoms with Gasteiger partial charge in [-0.1, -0.05) is 12.1 Å². The van der Waals surface area contributed by atoms with Crippen molar-refractivity contribution in [1.82, 2.24) is 15.0 Å². The third-order valence-electron chi connectivity index (χ3n) is 5.88. The number of aromatic nitrogens is 3. The van der Waals surface area contributed by atoms with Crippen LogP contribution in [-0.2, 0) is 15.6 Å². The van der Waals surface area contributed by atoms with Crippen LogP contribution in [0.1, 0.15) is 24.1 Å². The molecular formula is C22H25N5O3S. The van der Waals surface area contributed by atoms with E-state index in [1.54, 1.807) is 18.3 Å². The Labute approximate surface area is 181 Å². The second-order valence-corrected chi connectivity index (χ2v) is 11.0. The zero-order chi connectivity index (χ0) is 21.8. The molecule has 0 amide bonds. The highest BCUT2D eigenvalue weighted by atomic mass is 32.2. The number of fused-ring (bicyclic) bond motifs is 1. The van der Waals surface area contributed by atoms with Crippen LogP contribution in [-0.4, -0.2) is 53.4 Å². The summed E-state index contributed by atoms with van der Waals surface area (Å²) in [6, 6.07) is 9.13. The van der Waals surface area contributed by atoms with Crippen LogP contribution >= 0.6 is 0 Å². The number of anilines is 3. The van der Waals surface area contributed by atoms with E-state index < -0.39 is 15.4 Å². The van der Waals surface area contributed by atoms with Crippen LogP contribution in [0.3, 0.4) is 0 Å². The fraction of sp³-hybridized carbons (Fsp3) is 0.409. The minimum Gasteiger partial charge on any atom is -0.386 e. The van der Waals surface area contributed by atoms with Crippen molar-refractivity contribution >= 4 is 38.2 Å². The average Bonchev–Trinajstić information content (AvgIpc) is 3.51. The average molecular weight is 440 g/mol. The minimum absolute atomic E-state index is 0.0111. The molecule has 3 heterocycles. The fourth-order valence-electron chi connectivity index (χ4n) is 4.19. The lowest BCUT2D eigenvalue weighted by Crippen LogP contribution is -2.63. The molecule has 162 valence electrons. The lowest BCUT2D eigenvalue weighted by molar-refractivity contribution is -0.00960. The summed E-state index contributed by atoms with van der Waals surface area (Å²) in [7, 11) is -3.07. The molecule has 5 rings (SSSR count). The molecule has 1 aliphatic carbocycles.